The summed E-state index contributed by atoms with van der Waals surface area (Å²) in [6.07, 6.45) is 15.6. The first-order chi connectivity index (χ1) is 5.91. The minimum Gasteiger partial charge on any atom is -0.0882 e. The Morgan fingerprint density at radius 3 is 2.33 bits per heavy atom. The standard InChI is InChI=1S/C12H22/c1-3-5-7-9-11-12-10-8-6-4-2/h3,5,7H,1,4,6,8-12H2,2H3. The van der Waals surface area contributed by atoms with Gasteiger partial charge in [0.05, 0.1) is 0 Å². The van der Waals surface area contributed by atoms with Crippen molar-refractivity contribution in [2.75, 3.05) is 0 Å². The van der Waals surface area contributed by atoms with E-state index in [2.05, 4.69) is 19.9 Å². The monoisotopic (exact) mass is 166 g/mol. The van der Waals surface area contributed by atoms with Gasteiger partial charge in [-0.05, 0) is 26.2 Å². The number of hydrogen-bond acceptors (Lipinski definition) is 0. The normalized spacial score (nSPS) is 11.2. The van der Waals surface area contributed by atoms with Crippen LogP contribution < -0.4 is 0 Å². The summed E-state index contributed by atoms with van der Waals surface area (Å²) in [6.45, 7) is 5.89. The van der Waals surface area contributed by atoms with Gasteiger partial charge in [0.2, 0.25) is 0 Å². The van der Waals surface area contributed by atoms with E-state index < -0.39 is 0 Å². The number of hydrogen-bond donors (Lipinski definition) is 0. The first-order valence-corrected chi connectivity index (χ1v) is 5.19. The molecule has 0 saturated carbocycles. The van der Waals surface area contributed by atoms with E-state index in [1.807, 2.05) is 12.5 Å². The molecule has 0 atom stereocenters. The summed E-state index contributed by atoms with van der Waals surface area (Å²) in [6, 6.07) is 0. The van der Waals surface area contributed by atoms with E-state index in [0.717, 1.165) is 0 Å². The van der Waals surface area contributed by atoms with E-state index in [9.17, 15) is 0 Å². The topological polar surface area (TPSA) is 0 Å². The lowest BCUT2D eigenvalue weighted by atomic mass is 10.1. The molecule has 0 aromatic carbocycles. The largest absolute Gasteiger partial charge is 0.0882 e. The highest BCUT2D eigenvalue weighted by molar-refractivity contribution is 4.95. The highest BCUT2D eigenvalue weighted by atomic mass is 13.9. The average Bonchev–Trinajstić information content (AvgIpc) is 2.10. The zero-order chi connectivity index (χ0) is 9.07. The molecule has 0 bridgehead atoms. The Balaban J connectivity index is 2.86. The molecule has 12 heavy (non-hydrogen) atoms. The fourth-order valence-corrected chi connectivity index (χ4v) is 1.23. The van der Waals surface area contributed by atoms with Gasteiger partial charge < -0.3 is 0 Å². The second-order valence-corrected chi connectivity index (χ2v) is 3.22. The van der Waals surface area contributed by atoms with Crippen LogP contribution >= 0.6 is 0 Å². The van der Waals surface area contributed by atoms with Crippen molar-refractivity contribution in [3.05, 3.63) is 25.5 Å². The average molecular weight is 166 g/mol. The van der Waals surface area contributed by atoms with E-state index in [4.69, 9.17) is 0 Å². The van der Waals surface area contributed by atoms with Gasteiger partial charge in [0, 0.05) is 0 Å². The summed E-state index contributed by atoms with van der Waals surface area (Å²) in [5.74, 6) is 0. The molecule has 0 aromatic heterocycles. The van der Waals surface area contributed by atoms with E-state index in [1.54, 1.807) is 0 Å². The van der Waals surface area contributed by atoms with E-state index >= 15 is 0 Å². The molecular weight excluding hydrogens is 144 g/mol. The van der Waals surface area contributed by atoms with Crippen molar-refractivity contribution in [2.24, 2.45) is 0 Å². The molecule has 0 aromatic rings. The molecule has 0 heterocycles. The van der Waals surface area contributed by atoms with E-state index in [-0.39, 0.29) is 0 Å². The Morgan fingerprint density at radius 1 is 1.00 bits per heavy atom. The van der Waals surface area contributed by atoms with Crippen molar-refractivity contribution >= 4 is 0 Å². The lowest BCUT2D eigenvalue weighted by Crippen LogP contribution is -1.77. The van der Waals surface area contributed by atoms with Crippen molar-refractivity contribution in [2.45, 2.75) is 51.9 Å². The van der Waals surface area contributed by atoms with Crippen LogP contribution in [0, 0.1) is 13.3 Å². The fraction of sp³-hybridized carbons (Fsp3) is 0.667. The van der Waals surface area contributed by atoms with Crippen LogP contribution in [-0.4, -0.2) is 0 Å². The predicted octanol–water partition coefficient (Wildman–Crippen LogP) is 4.33. The van der Waals surface area contributed by atoms with Crippen LogP contribution in [0.1, 0.15) is 51.9 Å². The molecule has 0 rings (SSSR count). The van der Waals surface area contributed by atoms with Crippen LogP contribution in [0.3, 0.4) is 0 Å². The van der Waals surface area contributed by atoms with Crippen LogP contribution in [0.2, 0.25) is 0 Å². The van der Waals surface area contributed by atoms with Gasteiger partial charge in [-0.1, -0.05) is 51.2 Å². The first-order valence-electron chi connectivity index (χ1n) is 5.19. The van der Waals surface area contributed by atoms with Crippen molar-refractivity contribution in [1.29, 1.82) is 0 Å². The Bertz CT molecular complexity index is 92.2. The summed E-state index contributed by atoms with van der Waals surface area (Å²) in [5.41, 5.74) is 0. The smallest absolute Gasteiger partial charge is 0.0170 e. The Kier molecular flexibility index (Phi) is 10.5. The summed E-state index contributed by atoms with van der Waals surface area (Å²) in [5, 5.41) is 0. The third kappa shape index (κ3) is 9.74. The second-order valence-electron chi connectivity index (χ2n) is 3.22. The minimum absolute atomic E-state index is 1.22. The second kappa shape index (κ2) is 10.7. The molecule has 0 spiro atoms. The summed E-state index contributed by atoms with van der Waals surface area (Å²) in [7, 11) is 0. The van der Waals surface area contributed by atoms with Crippen LogP contribution in [0.5, 0.6) is 0 Å². The fourth-order valence-electron chi connectivity index (χ4n) is 1.23. The van der Waals surface area contributed by atoms with Crippen molar-refractivity contribution in [1.82, 2.24) is 0 Å². The van der Waals surface area contributed by atoms with Crippen LogP contribution in [0.25, 0.3) is 0 Å². The predicted molar refractivity (Wildman–Crippen MR) is 56.8 cm³/mol. The molecule has 0 unspecified atom stereocenters. The van der Waals surface area contributed by atoms with E-state index in [1.165, 1.54) is 44.9 Å². The molecule has 2 radical (unpaired) electrons. The molecule has 0 heteroatoms. The number of unbranched alkanes of at least 4 members (excludes halogenated alkanes) is 6. The van der Waals surface area contributed by atoms with Gasteiger partial charge in [-0.3, -0.25) is 0 Å². The van der Waals surface area contributed by atoms with Crippen molar-refractivity contribution < 1.29 is 0 Å². The van der Waals surface area contributed by atoms with Crippen LogP contribution in [0.4, 0.5) is 0 Å². The van der Waals surface area contributed by atoms with Gasteiger partial charge in [0.15, 0.2) is 0 Å². The maximum atomic E-state index is 3.63. The summed E-state index contributed by atoms with van der Waals surface area (Å²) in [4.78, 5) is 0. The third-order valence-corrected chi connectivity index (χ3v) is 2.00. The van der Waals surface area contributed by atoms with Gasteiger partial charge in [0.1, 0.15) is 0 Å². The number of allylic oxidation sites excluding steroid dienone is 2. The van der Waals surface area contributed by atoms with Crippen molar-refractivity contribution in [3.63, 3.8) is 0 Å². The lowest BCUT2D eigenvalue weighted by Gasteiger charge is -1.97. The Labute approximate surface area is 78.1 Å². The van der Waals surface area contributed by atoms with Crippen molar-refractivity contribution in [3.8, 4) is 0 Å². The molecule has 0 N–H and O–H groups in total. The first kappa shape index (κ1) is 11.7. The zero-order valence-electron chi connectivity index (χ0n) is 8.39. The molecule has 70 valence electrons. The Hall–Kier alpha value is -0.260. The maximum absolute atomic E-state index is 3.63. The van der Waals surface area contributed by atoms with Gasteiger partial charge in [0.25, 0.3) is 0 Å². The van der Waals surface area contributed by atoms with Crippen LogP contribution in [-0.2, 0) is 0 Å². The summed E-state index contributed by atoms with van der Waals surface area (Å²) >= 11 is 0. The molecule has 0 fully saturated rings. The van der Waals surface area contributed by atoms with Gasteiger partial charge in [-0.15, -0.1) is 0 Å². The SMILES string of the molecule is [CH2][CH]C=CCCCCCCCC. The van der Waals surface area contributed by atoms with Gasteiger partial charge in [-0.25, -0.2) is 0 Å². The Morgan fingerprint density at radius 2 is 1.67 bits per heavy atom. The molecule has 0 aliphatic carbocycles. The van der Waals surface area contributed by atoms with Gasteiger partial charge >= 0.3 is 0 Å². The molecule has 0 saturated heterocycles. The summed E-state index contributed by atoms with van der Waals surface area (Å²) < 4.78 is 0. The number of rotatable bonds is 8. The van der Waals surface area contributed by atoms with Gasteiger partial charge in [-0.2, -0.15) is 0 Å². The quantitative estimate of drug-likeness (QED) is 0.471. The molecule has 0 amide bonds. The minimum atomic E-state index is 1.22. The third-order valence-electron chi connectivity index (χ3n) is 2.00. The molecule has 0 nitrogen and oxygen atoms in total. The molecule has 0 aliphatic rings. The van der Waals surface area contributed by atoms with E-state index in [0.29, 0.717) is 0 Å². The highest BCUT2D eigenvalue weighted by Crippen LogP contribution is 2.06. The highest BCUT2D eigenvalue weighted by Gasteiger charge is 1.87. The lowest BCUT2D eigenvalue weighted by molar-refractivity contribution is 0.611. The molecule has 0 aliphatic heterocycles. The van der Waals surface area contributed by atoms with Crippen LogP contribution in [0.15, 0.2) is 12.2 Å². The maximum Gasteiger partial charge on any atom is -0.0170 e. The zero-order valence-corrected chi connectivity index (χ0v) is 8.39. The molecular formula is C12H22.